The van der Waals surface area contributed by atoms with E-state index in [0.29, 0.717) is 32.1 Å². The van der Waals surface area contributed by atoms with Gasteiger partial charge >= 0.3 is 59.5 Å². The Labute approximate surface area is 313 Å². The average molecular weight is 875 g/mol. The second-order valence-electron chi connectivity index (χ2n) is 16.8. The summed E-state index contributed by atoms with van der Waals surface area (Å²) in [4.78, 5) is 12.3. The molecule has 0 radical (unpaired) electrons. The van der Waals surface area contributed by atoms with E-state index in [2.05, 4.69) is 11.7 Å². The van der Waals surface area contributed by atoms with E-state index < -0.39 is 96.1 Å². The molecule has 0 aromatic heterocycles. The molecule has 0 unspecified atom stereocenters. The molecule has 0 spiro atoms. The summed E-state index contributed by atoms with van der Waals surface area (Å²) in [5.74, 6) is -69.8. The molecule has 10 atom stereocenters. The highest BCUT2D eigenvalue weighted by Gasteiger charge is 2.96. The largest absolute Gasteiger partial charge is 0.460 e. The van der Waals surface area contributed by atoms with Crippen molar-refractivity contribution in [3.63, 3.8) is 0 Å². The smallest absolute Gasteiger partial charge is 0.459 e. The lowest BCUT2D eigenvalue weighted by Gasteiger charge is -2.62. The van der Waals surface area contributed by atoms with E-state index >= 15 is 0 Å². The van der Waals surface area contributed by atoms with Crippen LogP contribution >= 0.6 is 0 Å². The monoisotopic (exact) mass is 874 g/mol. The molecule has 0 saturated heterocycles. The predicted octanol–water partition coefficient (Wildman–Crippen LogP) is 10.6. The fourth-order valence-electron chi connectivity index (χ4n) is 10.4. The summed E-state index contributed by atoms with van der Waals surface area (Å²) >= 11 is 0. The zero-order valence-corrected chi connectivity index (χ0v) is 30.3. The molecule has 4 nitrogen and oxygen atoms in total. The van der Waals surface area contributed by atoms with Crippen molar-refractivity contribution in [3.05, 3.63) is 0 Å². The van der Waals surface area contributed by atoms with Crippen molar-refractivity contribution in [2.45, 2.75) is 151 Å². The number of rotatable bonds is 13. The van der Waals surface area contributed by atoms with Crippen molar-refractivity contribution in [1.82, 2.24) is 0 Å². The van der Waals surface area contributed by atoms with E-state index in [0.717, 1.165) is 19.3 Å². The van der Waals surface area contributed by atoms with Crippen LogP contribution in [0.2, 0.25) is 0 Å². The number of esters is 1. The molecule has 23 heteroatoms. The van der Waals surface area contributed by atoms with Crippen molar-refractivity contribution in [2.75, 3.05) is 6.61 Å². The number of aliphatic hydroxyl groups excluding tert-OH is 2. The van der Waals surface area contributed by atoms with Crippen LogP contribution in [-0.4, -0.2) is 88.6 Å². The number of hydrogen-bond donors (Lipinski definition) is 2. The Morgan fingerprint density at radius 2 is 1.14 bits per heavy atom. The van der Waals surface area contributed by atoms with Crippen LogP contribution in [0.3, 0.4) is 0 Å². The standard InChI is InChI=1S/C34H41F19O4/c1-15(19-7-8-20-18-6-5-16-12-17(54)10-11-24(16,2)21(18)13-22(55)25(19,20)3)4-9-23(56)57-14-26(35,36)27(37,38)28(39,40)29(41,42)30(43,44)31(45,46)32(47,48)33(49,50)34(51,52)53/h15-22,54-55H,4-14H2,1-3H3/t15-,16-,17-,18+,19-,20+,21+,22+,24+,25-/m1/s1. The maximum Gasteiger partial charge on any atom is 0.460 e. The molecule has 4 fully saturated rings. The molecule has 4 aliphatic rings. The first-order valence-electron chi connectivity index (χ1n) is 18.0. The first kappa shape index (κ1) is 47.7. The summed E-state index contributed by atoms with van der Waals surface area (Å²) in [6.07, 6.45) is -5.06. The van der Waals surface area contributed by atoms with Gasteiger partial charge in [0, 0.05) is 6.42 Å². The Kier molecular flexibility index (Phi) is 12.0. The molecule has 334 valence electrons. The second kappa shape index (κ2) is 14.3. The van der Waals surface area contributed by atoms with E-state index in [1.807, 2.05) is 6.92 Å². The van der Waals surface area contributed by atoms with Crippen LogP contribution in [-0.2, 0) is 9.53 Å². The Morgan fingerprint density at radius 3 is 1.65 bits per heavy atom. The first-order valence-corrected chi connectivity index (χ1v) is 18.0. The quantitative estimate of drug-likeness (QED) is 0.143. The molecule has 0 heterocycles. The van der Waals surface area contributed by atoms with Crippen LogP contribution in [0.5, 0.6) is 0 Å². The molecule has 4 aliphatic carbocycles. The maximum atomic E-state index is 14.3. The molecule has 0 aromatic carbocycles. The van der Waals surface area contributed by atoms with Crippen molar-refractivity contribution in [2.24, 2.45) is 46.3 Å². The molecular weight excluding hydrogens is 833 g/mol. The lowest BCUT2D eigenvalue weighted by Crippen LogP contribution is -2.76. The number of hydrogen-bond acceptors (Lipinski definition) is 4. The van der Waals surface area contributed by atoms with Gasteiger partial charge in [-0.25, -0.2) is 0 Å². The SMILES string of the molecule is C[C@H](CCC(=O)OCC(F)(F)C(F)(F)C(F)(F)C(F)(F)C(F)(F)C(F)(F)C(F)(F)C(F)(F)C(F)(F)F)[C@H]1CC[C@H]2[C@@H]3CC[C@@H]4C[C@H](O)CC[C@]4(C)[C@H]3C[C@H](O)[C@]12C. The van der Waals surface area contributed by atoms with Crippen LogP contribution in [0.25, 0.3) is 0 Å². The number of aliphatic hydroxyl groups is 2. The normalized spacial score (nSPS) is 34.3. The van der Waals surface area contributed by atoms with Crippen LogP contribution in [0.1, 0.15) is 85.0 Å². The van der Waals surface area contributed by atoms with Crippen LogP contribution in [0, 0.1) is 46.3 Å². The van der Waals surface area contributed by atoms with Gasteiger partial charge in [-0.05, 0) is 104 Å². The number of halogens is 19. The average Bonchev–Trinajstić information content (AvgIpc) is 3.44. The molecule has 0 bridgehead atoms. The van der Waals surface area contributed by atoms with Crippen molar-refractivity contribution < 1.29 is 103 Å². The zero-order chi connectivity index (χ0) is 44.2. The second-order valence-corrected chi connectivity index (χ2v) is 16.8. The fraction of sp³-hybridized carbons (Fsp3) is 0.971. The molecule has 4 saturated carbocycles. The summed E-state index contributed by atoms with van der Waals surface area (Å²) in [6.45, 7) is 2.29. The first-order chi connectivity index (χ1) is 25.4. The Morgan fingerprint density at radius 1 is 0.649 bits per heavy atom. The van der Waals surface area contributed by atoms with Gasteiger partial charge < -0.3 is 14.9 Å². The van der Waals surface area contributed by atoms with Gasteiger partial charge in [0.15, 0.2) is 6.61 Å². The van der Waals surface area contributed by atoms with Gasteiger partial charge in [0.1, 0.15) is 0 Å². The lowest BCUT2D eigenvalue weighted by molar-refractivity contribution is -0.469. The lowest BCUT2D eigenvalue weighted by atomic mass is 9.43. The highest BCUT2D eigenvalue weighted by molar-refractivity contribution is 5.69. The summed E-state index contributed by atoms with van der Waals surface area (Å²) < 4.78 is 262. The minimum absolute atomic E-state index is 0.00989. The van der Waals surface area contributed by atoms with Gasteiger partial charge in [-0.1, -0.05) is 20.8 Å². The van der Waals surface area contributed by atoms with Crippen molar-refractivity contribution >= 4 is 5.97 Å². The predicted molar refractivity (Wildman–Crippen MR) is 158 cm³/mol. The number of carbonyl (C=O) groups is 1. The van der Waals surface area contributed by atoms with E-state index in [1.165, 1.54) is 0 Å². The molecule has 2 N–H and O–H groups in total. The topological polar surface area (TPSA) is 66.8 Å². The van der Waals surface area contributed by atoms with Crippen molar-refractivity contribution in [3.8, 4) is 0 Å². The highest BCUT2D eigenvalue weighted by Crippen LogP contribution is 2.69. The number of alkyl halides is 19. The van der Waals surface area contributed by atoms with Crippen LogP contribution in [0.15, 0.2) is 0 Å². The third-order valence-electron chi connectivity index (χ3n) is 13.9. The molecule has 0 aromatic rings. The minimum Gasteiger partial charge on any atom is -0.459 e. The van der Waals surface area contributed by atoms with Gasteiger partial charge in [-0.2, -0.15) is 83.4 Å². The Hall–Kier alpha value is -1.94. The van der Waals surface area contributed by atoms with Crippen LogP contribution in [0.4, 0.5) is 83.4 Å². The summed E-state index contributed by atoms with van der Waals surface area (Å²) in [5, 5.41) is 21.8. The fourth-order valence-corrected chi connectivity index (χ4v) is 10.4. The van der Waals surface area contributed by atoms with Crippen molar-refractivity contribution in [1.29, 1.82) is 0 Å². The number of carbonyl (C=O) groups excluding carboxylic acids is 1. The van der Waals surface area contributed by atoms with Gasteiger partial charge in [0.25, 0.3) is 0 Å². The van der Waals surface area contributed by atoms with Gasteiger partial charge in [0.2, 0.25) is 0 Å². The third kappa shape index (κ3) is 6.77. The third-order valence-corrected chi connectivity index (χ3v) is 13.9. The van der Waals surface area contributed by atoms with E-state index in [1.54, 1.807) is 6.92 Å². The minimum atomic E-state index is -9.02. The van der Waals surface area contributed by atoms with Crippen LogP contribution < -0.4 is 0 Å². The number of fused-ring (bicyclic) bond motifs is 5. The van der Waals surface area contributed by atoms with Gasteiger partial charge in [-0.15, -0.1) is 0 Å². The Balaban J connectivity index is 1.43. The zero-order valence-electron chi connectivity index (χ0n) is 30.3. The highest BCUT2D eigenvalue weighted by atomic mass is 19.4. The molecular formula is C34H41F19O4. The summed E-state index contributed by atoms with van der Waals surface area (Å²) in [7, 11) is 0. The van der Waals surface area contributed by atoms with E-state index in [4.69, 9.17) is 0 Å². The Bertz CT molecular complexity index is 1480. The number of ether oxygens (including phenoxy) is 1. The van der Waals surface area contributed by atoms with Gasteiger partial charge in [-0.3, -0.25) is 4.79 Å². The molecule has 4 rings (SSSR count). The van der Waals surface area contributed by atoms with E-state index in [-0.39, 0.29) is 41.4 Å². The summed E-state index contributed by atoms with van der Waals surface area (Å²) in [6, 6.07) is 0. The summed E-state index contributed by atoms with van der Waals surface area (Å²) in [5.41, 5.74) is -0.842. The van der Waals surface area contributed by atoms with E-state index in [9.17, 15) is 98.4 Å². The maximum absolute atomic E-state index is 14.3. The van der Waals surface area contributed by atoms with Gasteiger partial charge in [0.05, 0.1) is 12.2 Å². The molecule has 0 amide bonds. The molecule has 57 heavy (non-hydrogen) atoms. The molecule has 0 aliphatic heterocycles.